The maximum Gasteiger partial charge on any atom is 0.253 e. The molecule has 25 heavy (non-hydrogen) atoms. The zero-order valence-corrected chi connectivity index (χ0v) is 14.5. The molecule has 2 aromatic heterocycles. The lowest BCUT2D eigenvalue weighted by molar-refractivity contribution is -0.136. The summed E-state index contributed by atoms with van der Waals surface area (Å²) in [6.07, 6.45) is 8.74. The molecule has 1 aliphatic heterocycles. The van der Waals surface area contributed by atoms with Crippen molar-refractivity contribution in [3.8, 4) is 0 Å². The first-order valence-corrected chi connectivity index (χ1v) is 8.77. The molecule has 0 spiro atoms. The molecule has 0 unspecified atom stereocenters. The van der Waals surface area contributed by atoms with Crippen molar-refractivity contribution in [2.75, 3.05) is 7.05 Å². The molecule has 1 aliphatic carbocycles. The normalized spacial score (nSPS) is 23.8. The number of carbonyl (C=O) groups is 2. The lowest BCUT2D eigenvalue weighted by Gasteiger charge is -2.38. The maximum absolute atomic E-state index is 12.9. The molecule has 2 aromatic rings. The summed E-state index contributed by atoms with van der Waals surface area (Å²) in [6, 6.07) is 1.43. The third kappa shape index (κ3) is 2.83. The van der Waals surface area contributed by atoms with Crippen molar-refractivity contribution < 1.29 is 9.59 Å². The van der Waals surface area contributed by atoms with Crippen molar-refractivity contribution in [3.05, 3.63) is 41.7 Å². The minimum absolute atomic E-state index is 0.0740. The average Bonchev–Trinajstić information content (AvgIpc) is 3.16. The van der Waals surface area contributed by atoms with Gasteiger partial charge in [-0.25, -0.2) is 4.98 Å². The van der Waals surface area contributed by atoms with Gasteiger partial charge in [-0.1, -0.05) is 0 Å². The number of piperidine rings is 1. The van der Waals surface area contributed by atoms with E-state index in [0.717, 1.165) is 29.9 Å². The molecule has 7 nitrogen and oxygen atoms in total. The van der Waals surface area contributed by atoms with E-state index in [1.807, 2.05) is 30.1 Å². The van der Waals surface area contributed by atoms with E-state index in [2.05, 4.69) is 15.3 Å². The Morgan fingerprint density at radius 1 is 1.32 bits per heavy atom. The van der Waals surface area contributed by atoms with Gasteiger partial charge >= 0.3 is 0 Å². The molecule has 0 aromatic carbocycles. The minimum atomic E-state index is -0.256. The van der Waals surface area contributed by atoms with Crippen LogP contribution in [-0.4, -0.2) is 44.3 Å². The number of likely N-dealkylation sites (N-methyl/N-ethyl adjacent to an activating group) is 1. The second-order valence-corrected chi connectivity index (χ2v) is 7.04. The van der Waals surface area contributed by atoms with Gasteiger partial charge in [-0.05, 0) is 31.2 Å². The fourth-order valence-electron chi connectivity index (χ4n) is 3.74. The summed E-state index contributed by atoms with van der Waals surface area (Å²) in [5, 5.41) is 3.15. The number of aromatic amines is 1. The van der Waals surface area contributed by atoms with E-state index in [4.69, 9.17) is 0 Å². The van der Waals surface area contributed by atoms with E-state index in [1.54, 1.807) is 18.1 Å². The summed E-state index contributed by atoms with van der Waals surface area (Å²) in [5.74, 6) is 1.28. The number of hydrogen-bond donors (Lipinski definition) is 2. The van der Waals surface area contributed by atoms with E-state index in [-0.39, 0.29) is 23.9 Å². The van der Waals surface area contributed by atoms with Gasteiger partial charge in [-0.2, -0.15) is 0 Å². The molecule has 3 heterocycles. The van der Waals surface area contributed by atoms with Crippen LogP contribution in [0.15, 0.2) is 24.7 Å². The van der Waals surface area contributed by atoms with Crippen LogP contribution in [0.1, 0.15) is 59.5 Å². The number of carbonyl (C=O) groups excluding carboxylic acids is 2. The van der Waals surface area contributed by atoms with E-state index in [1.165, 1.54) is 0 Å². The lowest BCUT2D eigenvalue weighted by Crippen LogP contribution is -2.51. The number of H-pyrrole nitrogens is 1. The average molecular weight is 341 g/mol. The maximum atomic E-state index is 12.9. The first kappa shape index (κ1) is 15.9. The first-order chi connectivity index (χ1) is 12.1. The SMILES string of the molecule is CN1C(=O)CC[C@@H](NC(=O)c2cc[nH]c2C2CC2)[C@@H]1c1nccn1C. The number of likely N-dealkylation sites (tertiary alicyclic amines) is 1. The monoisotopic (exact) mass is 341 g/mol. The molecule has 7 heteroatoms. The van der Waals surface area contributed by atoms with Gasteiger partial charge in [0.15, 0.2) is 0 Å². The minimum Gasteiger partial charge on any atom is -0.364 e. The highest BCUT2D eigenvalue weighted by Gasteiger charge is 2.38. The van der Waals surface area contributed by atoms with Crippen molar-refractivity contribution in [2.45, 2.75) is 43.7 Å². The van der Waals surface area contributed by atoms with E-state index >= 15 is 0 Å². The standard InChI is InChI=1S/C18H23N5O2/c1-22-10-9-20-17(22)16-13(5-6-14(24)23(16)2)21-18(25)12-7-8-19-15(12)11-3-4-11/h7-11,13,16,19H,3-6H2,1-2H3,(H,21,25)/t13-,16-/m1/s1. The number of imidazole rings is 1. The second kappa shape index (κ2) is 6.06. The van der Waals surface area contributed by atoms with E-state index in [0.29, 0.717) is 18.8 Å². The Kier molecular flexibility index (Phi) is 3.86. The first-order valence-electron chi connectivity index (χ1n) is 8.77. The van der Waals surface area contributed by atoms with Gasteiger partial charge in [0.2, 0.25) is 5.91 Å². The Hall–Kier alpha value is -2.57. The van der Waals surface area contributed by atoms with E-state index in [9.17, 15) is 9.59 Å². The van der Waals surface area contributed by atoms with Crippen LogP contribution in [0.2, 0.25) is 0 Å². The highest BCUT2D eigenvalue weighted by atomic mass is 16.2. The summed E-state index contributed by atoms with van der Waals surface area (Å²) in [4.78, 5) is 34.4. The molecule has 4 rings (SSSR count). The van der Waals surface area contributed by atoms with Crippen molar-refractivity contribution in [3.63, 3.8) is 0 Å². The molecule has 0 bridgehead atoms. The summed E-state index contributed by atoms with van der Waals surface area (Å²) < 4.78 is 1.91. The zero-order chi connectivity index (χ0) is 17.6. The zero-order valence-electron chi connectivity index (χ0n) is 14.5. The summed E-state index contributed by atoms with van der Waals surface area (Å²) in [5.41, 5.74) is 1.76. The van der Waals surface area contributed by atoms with Crippen LogP contribution < -0.4 is 5.32 Å². The number of hydrogen-bond acceptors (Lipinski definition) is 3. The molecule has 1 saturated carbocycles. The fraction of sp³-hybridized carbons (Fsp3) is 0.500. The number of nitrogens with one attached hydrogen (secondary N) is 2. The highest BCUT2D eigenvalue weighted by molar-refractivity contribution is 5.96. The third-order valence-corrected chi connectivity index (χ3v) is 5.31. The van der Waals surface area contributed by atoms with Crippen molar-refractivity contribution in [1.82, 2.24) is 24.8 Å². The predicted octanol–water partition coefficient (Wildman–Crippen LogP) is 1.72. The predicted molar refractivity (Wildman–Crippen MR) is 92.0 cm³/mol. The Morgan fingerprint density at radius 2 is 2.12 bits per heavy atom. The van der Waals surface area contributed by atoms with Crippen molar-refractivity contribution >= 4 is 11.8 Å². The smallest absolute Gasteiger partial charge is 0.253 e. The number of amides is 2. The largest absolute Gasteiger partial charge is 0.364 e. The fourth-order valence-corrected chi connectivity index (χ4v) is 3.74. The molecule has 132 valence electrons. The number of aromatic nitrogens is 3. The Morgan fingerprint density at radius 3 is 2.80 bits per heavy atom. The molecule has 2 aliphatic rings. The van der Waals surface area contributed by atoms with Crippen LogP contribution in [0.5, 0.6) is 0 Å². The van der Waals surface area contributed by atoms with Gasteiger partial charge < -0.3 is 19.8 Å². The molecule has 1 saturated heterocycles. The van der Waals surface area contributed by atoms with Crippen LogP contribution in [0.25, 0.3) is 0 Å². The van der Waals surface area contributed by atoms with Gasteiger partial charge in [0.05, 0.1) is 11.6 Å². The van der Waals surface area contributed by atoms with Crippen LogP contribution in [-0.2, 0) is 11.8 Å². The molecular weight excluding hydrogens is 318 g/mol. The van der Waals surface area contributed by atoms with Gasteiger partial charge in [0, 0.05) is 44.8 Å². The number of aryl methyl sites for hydroxylation is 1. The molecule has 2 fully saturated rings. The summed E-state index contributed by atoms with van der Waals surface area (Å²) in [6.45, 7) is 0. The molecule has 2 atom stereocenters. The topological polar surface area (TPSA) is 83.0 Å². The van der Waals surface area contributed by atoms with Gasteiger partial charge in [-0.15, -0.1) is 0 Å². The number of rotatable bonds is 4. The molecular formula is C18H23N5O2. The van der Waals surface area contributed by atoms with Crippen LogP contribution in [0, 0.1) is 0 Å². The van der Waals surface area contributed by atoms with Crippen molar-refractivity contribution in [1.29, 1.82) is 0 Å². The highest BCUT2D eigenvalue weighted by Crippen LogP contribution is 2.41. The number of nitrogens with zero attached hydrogens (tertiary/aromatic N) is 3. The Bertz CT molecular complexity index is 804. The van der Waals surface area contributed by atoms with Crippen LogP contribution in [0.4, 0.5) is 0 Å². The Balaban J connectivity index is 1.59. The second-order valence-electron chi connectivity index (χ2n) is 7.04. The van der Waals surface area contributed by atoms with Crippen LogP contribution >= 0.6 is 0 Å². The molecule has 2 N–H and O–H groups in total. The quantitative estimate of drug-likeness (QED) is 0.888. The third-order valence-electron chi connectivity index (χ3n) is 5.31. The molecule has 0 radical (unpaired) electrons. The molecule has 2 amide bonds. The summed E-state index contributed by atoms with van der Waals surface area (Å²) >= 11 is 0. The van der Waals surface area contributed by atoms with Gasteiger partial charge in [0.25, 0.3) is 5.91 Å². The van der Waals surface area contributed by atoms with Crippen LogP contribution in [0.3, 0.4) is 0 Å². The summed E-state index contributed by atoms with van der Waals surface area (Å²) in [7, 11) is 3.69. The van der Waals surface area contributed by atoms with Crippen molar-refractivity contribution in [2.24, 2.45) is 7.05 Å². The lowest BCUT2D eigenvalue weighted by atomic mass is 9.94. The van der Waals surface area contributed by atoms with Gasteiger partial charge in [-0.3, -0.25) is 9.59 Å². The van der Waals surface area contributed by atoms with Gasteiger partial charge in [0.1, 0.15) is 11.9 Å². The Labute approximate surface area is 146 Å². The van der Waals surface area contributed by atoms with E-state index < -0.39 is 0 Å².